The van der Waals surface area contributed by atoms with E-state index in [4.69, 9.17) is 4.74 Å². The van der Waals surface area contributed by atoms with Crippen LogP contribution in [0, 0.1) is 11.3 Å². The van der Waals surface area contributed by atoms with E-state index in [0.717, 1.165) is 31.9 Å². The average Bonchev–Trinajstić information content (AvgIpc) is 2.69. The zero-order valence-corrected chi connectivity index (χ0v) is 20.0. The topological polar surface area (TPSA) is 86.3 Å². The number of hydrogen-bond acceptors (Lipinski definition) is 4. The summed E-state index contributed by atoms with van der Waals surface area (Å²) < 4.78 is 5.33. The Morgan fingerprint density at radius 3 is 2.21 bits per heavy atom. The third kappa shape index (κ3) is 6.75. The van der Waals surface area contributed by atoms with Crippen LogP contribution in [0.1, 0.15) is 33.6 Å². The van der Waals surface area contributed by atoms with E-state index in [-0.39, 0.29) is 41.7 Å². The lowest BCUT2D eigenvalue weighted by Gasteiger charge is -2.37. The minimum Gasteiger partial charge on any atom is -0.378 e. The molecule has 2 amide bonds. The van der Waals surface area contributed by atoms with Gasteiger partial charge in [0.25, 0.3) is 0 Å². The number of piperidine rings is 1. The number of ether oxygens (including phenoxy) is 1. The van der Waals surface area contributed by atoms with Crippen LogP contribution < -0.4 is 10.6 Å². The minimum absolute atomic E-state index is 0. The quantitative estimate of drug-likeness (QED) is 0.327. The number of guanidine groups is 1. The Bertz CT molecular complexity index is 542. The number of likely N-dealkylation sites (tertiary alicyclic amines) is 1. The Hall–Kier alpha value is -1.10. The summed E-state index contributed by atoms with van der Waals surface area (Å²) in [5, 5.41) is 6.20. The molecule has 2 fully saturated rings. The first-order valence-corrected chi connectivity index (χ1v) is 9.99. The van der Waals surface area contributed by atoms with Gasteiger partial charge in [-0.05, 0) is 33.6 Å². The lowest BCUT2D eigenvalue weighted by molar-refractivity contribution is -0.140. The van der Waals surface area contributed by atoms with Crippen molar-refractivity contribution in [3.8, 4) is 0 Å². The number of nitrogens with one attached hydrogen (secondary N) is 2. The van der Waals surface area contributed by atoms with E-state index in [9.17, 15) is 9.59 Å². The maximum atomic E-state index is 12.7. The zero-order valence-electron chi connectivity index (χ0n) is 17.6. The second-order valence-electron chi connectivity index (χ2n) is 7.84. The van der Waals surface area contributed by atoms with Crippen molar-refractivity contribution in [2.24, 2.45) is 16.3 Å². The number of amides is 2. The molecule has 0 unspecified atom stereocenters. The normalized spacial score (nSPS) is 19.1. The fraction of sp³-hybridized carbons (Fsp3) is 0.842. The number of carbonyl (C=O) groups excluding carboxylic acids is 2. The van der Waals surface area contributed by atoms with E-state index in [0.29, 0.717) is 39.4 Å². The SMILES string of the molecule is CCNC(=O)C(C)(C)CNC(=NC)N1CCC(C(=O)N2CCOCC2)CC1.I. The number of rotatable bonds is 5. The van der Waals surface area contributed by atoms with E-state index in [1.807, 2.05) is 25.7 Å². The maximum absolute atomic E-state index is 12.7. The van der Waals surface area contributed by atoms with Crippen molar-refractivity contribution in [2.75, 3.05) is 59.5 Å². The summed E-state index contributed by atoms with van der Waals surface area (Å²) in [7, 11) is 1.76. The Morgan fingerprint density at radius 1 is 1.07 bits per heavy atom. The molecule has 0 bridgehead atoms. The van der Waals surface area contributed by atoms with Crippen molar-refractivity contribution in [2.45, 2.75) is 33.6 Å². The minimum atomic E-state index is -0.517. The maximum Gasteiger partial charge on any atom is 0.227 e. The molecule has 2 rings (SSSR count). The molecule has 0 spiro atoms. The van der Waals surface area contributed by atoms with Crippen LogP contribution in [0.4, 0.5) is 0 Å². The molecule has 162 valence electrons. The van der Waals surface area contributed by atoms with Gasteiger partial charge < -0.3 is 25.2 Å². The van der Waals surface area contributed by atoms with E-state index < -0.39 is 5.41 Å². The monoisotopic (exact) mass is 509 g/mol. The zero-order chi connectivity index (χ0) is 19.9. The van der Waals surface area contributed by atoms with Crippen molar-refractivity contribution in [1.82, 2.24) is 20.4 Å². The van der Waals surface area contributed by atoms with Crippen LogP contribution in [0.2, 0.25) is 0 Å². The molecule has 0 saturated carbocycles. The second kappa shape index (κ2) is 11.8. The molecule has 2 aliphatic rings. The standard InChI is InChI=1S/C19H35N5O3.HI/c1-5-21-17(26)19(2,3)14-22-18(20-4)24-8-6-15(7-9-24)16(25)23-10-12-27-13-11-23;/h15H,5-14H2,1-4H3,(H,20,22)(H,21,26);1H. The van der Waals surface area contributed by atoms with Gasteiger partial charge >= 0.3 is 0 Å². The Labute approximate surface area is 185 Å². The molecular weight excluding hydrogens is 473 g/mol. The van der Waals surface area contributed by atoms with E-state index in [1.165, 1.54) is 0 Å². The number of hydrogen-bond donors (Lipinski definition) is 2. The summed E-state index contributed by atoms with van der Waals surface area (Å²) >= 11 is 0. The lowest BCUT2D eigenvalue weighted by atomic mass is 9.92. The number of carbonyl (C=O) groups is 2. The Morgan fingerprint density at radius 2 is 1.68 bits per heavy atom. The average molecular weight is 509 g/mol. The van der Waals surface area contributed by atoms with E-state index in [1.54, 1.807) is 7.05 Å². The highest BCUT2D eigenvalue weighted by molar-refractivity contribution is 14.0. The molecule has 2 aliphatic heterocycles. The van der Waals surface area contributed by atoms with E-state index in [2.05, 4.69) is 20.5 Å². The summed E-state index contributed by atoms with van der Waals surface area (Å²) in [6.07, 6.45) is 1.66. The predicted octanol–water partition coefficient (Wildman–Crippen LogP) is 0.913. The largest absolute Gasteiger partial charge is 0.378 e. The second-order valence-corrected chi connectivity index (χ2v) is 7.84. The van der Waals surface area contributed by atoms with Crippen molar-refractivity contribution in [1.29, 1.82) is 0 Å². The first-order valence-electron chi connectivity index (χ1n) is 9.99. The van der Waals surface area contributed by atoms with Gasteiger partial charge in [0, 0.05) is 52.2 Å². The Balaban J connectivity index is 0.00000392. The van der Waals surface area contributed by atoms with Gasteiger partial charge in [-0.25, -0.2) is 0 Å². The van der Waals surface area contributed by atoms with Crippen molar-refractivity contribution in [3.05, 3.63) is 0 Å². The molecule has 2 heterocycles. The highest BCUT2D eigenvalue weighted by Crippen LogP contribution is 2.21. The first kappa shape index (κ1) is 24.9. The predicted molar refractivity (Wildman–Crippen MR) is 121 cm³/mol. The van der Waals surface area contributed by atoms with Gasteiger partial charge in [-0.3, -0.25) is 14.6 Å². The van der Waals surface area contributed by atoms with Crippen molar-refractivity contribution < 1.29 is 14.3 Å². The van der Waals surface area contributed by atoms with Crippen LogP contribution in [0.3, 0.4) is 0 Å². The van der Waals surface area contributed by atoms with Crippen LogP contribution in [0.5, 0.6) is 0 Å². The fourth-order valence-electron chi connectivity index (χ4n) is 3.49. The smallest absolute Gasteiger partial charge is 0.227 e. The molecule has 0 aliphatic carbocycles. The van der Waals surface area contributed by atoms with Gasteiger partial charge in [-0.2, -0.15) is 0 Å². The molecule has 8 nitrogen and oxygen atoms in total. The van der Waals surface area contributed by atoms with Crippen LogP contribution >= 0.6 is 24.0 Å². The summed E-state index contributed by atoms with van der Waals surface area (Å²) in [4.78, 5) is 33.3. The van der Waals surface area contributed by atoms with Crippen molar-refractivity contribution in [3.63, 3.8) is 0 Å². The van der Waals surface area contributed by atoms with Gasteiger partial charge in [0.05, 0.1) is 18.6 Å². The van der Waals surface area contributed by atoms with Gasteiger partial charge in [0.15, 0.2) is 5.96 Å². The first-order chi connectivity index (χ1) is 12.9. The van der Waals surface area contributed by atoms with Crippen LogP contribution in [0.15, 0.2) is 4.99 Å². The molecule has 0 aromatic carbocycles. The van der Waals surface area contributed by atoms with E-state index >= 15 is 0 Å². The number of aliphatic imine (C=N–C) groups is 1. The highest BCUT2D eigenvalue weighted by atomic mass is 127. The summed E-state index contributed by atoms with van der Waals surface area (Å²) in [6.45, 7) is 11.2. The summed E-state index contributed by atoms with van der Waals surface area (Å²) in [6, 6.07) is 0. The molecule has 0 aromatic rings. The van der Waals surface area contributed by atoms with Gasteiger partial charge in [-0.1, -0.05) is 0 Å². The molecule has 9 heteroatoms. The van der Waals surface area contributed by atoms with Gasteiger partial charge in [0.2, 0.25) is 11.8 Å². The third-order valence-corrected chi connectivity index (χ3v) is 5.32. The molecule has 0 aromatic heterocycles. The molecule has 2 N–H and O–H groups in total. The van der Waals surface area contributed by atoms with Crippen LogP contribution in [-0.4, -0.2) is 87.1 Å². The third-order valence-electron chi connectivity index (χ3n) is 5.32. The Kier molecular flexibility index (Phi) is 10.5. The van der Waals surface area contributed by atoms with Crippen LogP contribution in [-0.2, 0) is 14.3 Å². The molecular formula is C19H36IN5O3. The molecule has 0 atom stereocenters. The molecule has 28 heavy (non-hydrogen) atoms. The van der Waals surface area contributed by atoms with Crippen LogP contribution in [0.25, 0.3) is 0 Å². The van der Waals surface area contributed by atoms with Gasteiger partial charge in [0.1, 0.15) is 0 Å². The van der Waals surface area contributed by atoms with Crippen molar-refractivity contribution >= 4 is 41.8 Å². The lowest BCUT2D eigenvalue weighted by Crippen LogP contribution is -2.52. The molecule has 0 radical (unpaired) electrons. The molecule has 2 saturated heterocycles. The number of nitrogens with zero attached hydrogens (tertiary/aromatic N) is 3. The summed E-state index contributed by atoms with van der Waals surface area (Å²) in [5.41, 5.74) is -0.517. The van der Waals surface area contributed by atoms with Gasteiger partial charge in [-0.15, -0.1) is 24.0 Å². The number of morpholine rings is 1. The fourth-order valence-corrected chi connectivity index (χ4v) is 3.49. The number of halogens is 1. The summed E-state index contributed by atoms with van der Waals surface area (Å²) in [5.74, 6) is 1.18. The highest BCUT2D eigenvalue weighted by Gasteiger charge is 2.32.